The Labute approximate surface area is 167 Å². The Morgan fingerprint density at radius 2 is 1.72 bits per heavy atom. The molecule has 0 aliphatic rings. The fourth-order valence-electron chi connectivity index (χ4n) is 2.80. The lowest BCUT2D eigenvalue weighted by Crippen LogP contribution is -2.10. The van der Waals surface area contributed by atoms with Gasteiger partial charge in [-0.3, -0.25) is 9.78 Å². The molecule has 29 heavy (non-hydrogen) atoms. The molecule has 4 nitrogen and oxygen atoms in total. The topological polar surface area (TPSA) is 51.5 Å². The van der Waals surface area contributed by atoms with Crippen LogP contribution in [-0.4, -0.2) is 16.5 Å². The monoisotopic (exact) mass is 394 g/mol. The van der Waals surface area contributed by atoms with Crippen LogP contribution >= 0.6 is 0 Å². The molecule has 3 aromatic rings. The zero-order chi connectivity index (χ0) is 20.6. The normalized spacial score (nSPS) is 11.3. The first-order valence-corrected chi connectivity index (χ1v) is 9.23. The summed E-state index contributed by atoms with van der Waals surface area (Å²) >= 11 is 0. The number of hydrogen-bond acceptors (Lipinski definition) is 4. The maximum atomic E-state index is 13.7. The first kappa shape index (κ1) is 20.3. The van der Waals surface area contributed by atoms with Gasteiger partial charge in [0.25, 0.3) is 0 Å². The van der Waals surface area contributed by atoms with Crippen molar-refractivity contribution in [2.45, 2.75) is 26.4 Å². The first-order chi connectivity index (χ1) is 14.1. The van der Waals surface area contributed by atoms with E-state index in [1.165, 1.54) is 6.07 Å². The largest absolute Gasteiger partial charge is 0.391 e. The van der Waals surface area contributed by atoms with E-state index in [-0.39, 0.29) is 6.42 Å². The average Bonchev–Trinajstić information content (AvgIpc) is 2.73. The van der Waals surface area contributed by atoms with Crippen molar-refractivity contribution in [2.24, 2.45) is 5.16 Å². The van der Waals surface area contributed by atoms with Crippen LogP contribution in [0.1, 0.15) is 40.5 Å². The molecule has 0 atom stereocenters. The summed E-state index contributed by atoms with van der Waals surface area (Å²) in [5.74, 6) is -2.40. The summed E-state index contributed by atoms with van der Waals surface area (Å²) in [4.78, 5) is 21.9. The molecule has 0 saturated carbocycles. The SMILES string of the molecule is CC/C(=N\OCc1ccccc1)c1ccc(CC(=O)c2c(F)cccc2F)nc1. The standard InChI is InChI=1S/C23H20F2N2O2/c1-2-21(27-29-15-16-7-4-3-5-8-16)17-11-12-18(26-14-17)13-22(28)23-19(24)9-6-10-20(23)25/h3-12,14H,2,13,15H2,1H3/b27-21+. The van der Waals surface area contributed by atoms with Gasteiger partial charge in [0.1, 0.15) is 18.2 Å². The molecule has 0 amide bonds. The van der Waals surface area contributed by atoms with E-state index in [4.69, 9.17) is 4.84 Å². The van der Waals surface area contributed by atoms with Crippen molar-refractivity contribution in [3.63, 3.8) is 0 Å². The molecule has 6 heteroatoms. The summed E-state index contributed by atoms with van der Waals surface area (Å²) in [5.41, 5.74) is 2.37. The maximum absolute atomic E-state index is 13.7. The lowest BCUT2D eigenvalue weighted by Gasteiger charge is -2.07. The summed E-state index contributed by atoms with van der Waals surface area (Å²) in [6.07, 6.45) is 2.02. The minimum Gasteiger partial charge on any atom is -0.391 e. The average molecular weight is 394 g/mol. The molecule has 1 aromatic heterocycles. The van der Waals surface area contributed by atoms with E-state index in [0.717, 1.165) is 23.3 Å². The molecule has 0 bridgehead atoms. The van der Waals surface area contributed by atoms with Gasteiger partial charge in [0, 0.05) is 17.5 Å². The van der Waals surface area contributed by atoms with Crippen LogP contribution in [0.5, 0.6) is 0 Å². The Morgan fingerprint density at radius 1 is 1.00 bits per heavy atom. The molecule has 3 rings (SSSR count). The number of halogens is 2. The molecule has 0 radical (unpaired) electrons. The molecule has 0 N–H and O–H groups in total. The molecule has 0 aliphatic heterocycles. The zero-order valence-electron chi connectivity index (χ0n) is 15.9. The van der Waals surface area contributed by atoms with E-state index in [2.05, 4.69) is 10.1 Å². The van der Waals surface area contributed by atoms with Crippen molar-refractivity contribution in [3.8, 4) is 0 Å². The third-order valence-corrected chi connectivity index (χ3v) is 4.32. The van der Waals surface area contributed by atoms with E-state index in [0.29, 0.717) is 24.4 Å². The number of hydrogen-bond donors (Lipinski definition) is 0. The fourth-order valence-corrected chi connectivity index (χ4v) is 2.80. The van der Waals surface area contributed by atoms with Crippen molar-refractivity contribution >= 4 is 11.5 Å². The number of ketones is 1. The van der Waals surface area contributed by atoms with E-state index in [9.17, 15) is 13.6 Å². The summed E-state index contributed by atoms with van der Waals surface area (Å²) < 4.78 is 27.5. The quantitative estimate of drug-likeness (QED) is 0.303. The fraction of sp³-hybridized carbons (Fsp3) is 0.174. The highest BCUT2D eigenvalue weighted by Crippen LogP contribution is 2.15. The lowest BCUT2D eigenvalue weighted by atomic mass is 10.0. The number of pyridine rings is 1. The van der Waals surface area contributed by atoms with Crippen LogP contribution in [0.25, 0.3) is 0 Å². The minimum absolute atomic E-state index is 0.193. The van der Waals surface area contributed by atoms with Gasteiger partial charge in [-0.1, -0.05) is 48.5 Å². The van der Waals surface area contributed by atoms with Crippen LogP contribution in [0.15, 0.2) is 72.0 Å². The van der Waals surface area contributed by atoms with Crippen molar-refractivity contribution < 1.29 is 18.4 Å². The van der Waals surface area contributed by atoms with Crippen molar-refractivity contribution in [1.29, 1.82) is 0 Å². The van der Waals surface area contributed by atoms with E-state index >= 15 is 0 Å². The molecule has 148 valence electrons. The van der Waals surface area contributed by atoms with Crippen LogP contribution in [0, 0.1) is 11.6 Å². The van der Waals surface area contributed by atoms with Gasteiger partial charge in [0.15, 0.2) is 5.78 Å². The van der Waals surface area contributed by atoms with E-state index < -0.39 is 23.0 Å². The second kappa shape index (κ2) is 9.68. The van der Waals surface area contributed by atoms with Crippen LogP contribution in [0.3, 0.4) is 0 Å². The molecule has 1 heterocycles. The van der Waals surface area contributed by atoms with E-state index in [1.807, 2.05) is 37.3 Å². The molecule has 0 saturated heterocycles. The van der Waals surface area contributed by atoms with Crippen LogP contribution in [0.4, 0.5) is 8.78 Å². The second-order valence-electron chi connectivity index (χ2n) is 6.39. The smallest absolute Gasteiger partial charge is 0.174 e. The molecule has 0 fully saturated rings. The number of benzene rings is 2. The maximum Gasteiger partial charge on any atom is 0.174 e. The summed E-state index contributed by atoms with van der Waals surface area (Å²) in [6, 6.07) is 16.5. The molecule has 2 aromatic carbocycles. The van der Waals surface area contributed by atoms with Gasteiger partial charge in [-0.25, -0.2) is 8.78 Å². The molecule has 0 aliphatic carbocycles. The Morgan fingerprint density at radius 3 is 2.34 bits per heavy atom. The lowest BCUT2D eigenvalue weighted by molar-refractivity contribution is 0.0984. The third-order valence-electron chi connectivity index (χ3n) is 4.32. The van der Waals surface area contributed by atoms with Gasteiger partial charge in [-0.2, -0.15) is 0 Å². The zero-order valence-corrected chi connectivity index (χ0v) is 15.9. The van der Waals surface area contributed by atoms with Gasteiger partial charge in [0.05, 0.1) is 17.7 Å². The van der Waals surface area contributed by atoms with Gasteiger partial charge >= 0.3 is 0 Å². The van der Waals surface area contributed by atoms with E-state index in [1.54, 1.807) is 18.3 Å². The van der Waals surface area contributed by atoms with Crippen LogP contribution in [-0.2, 0) is 17.9 Å². The number of oxime groups is 1. The molecule has 0 spiro atoms. The number of Topliss-reactive ketones (excluding diaryl/α,β-unsaturated/α-hetero) is 1. The van der Waals surface area contributed by atoms with Gasteiger partial charge < -0.3 is 4.84 Å². The molecule has 0 unspecified atom stereocenters. The third kappa shape index (κ3) is 5.31. The summed E-state index contributed by atoms with van der Waals surface area (Å²) in [6.45, 7) is 2.31. The summed E-state index contributed by atoms with van der Waals surface area (Å²) in [5, 5.41) is 4.18. The predicted octanol–water partition coefficient (Wildman–Crippen LogP) is 5.12. The number of nitrogens with zero attached hydrogens (tertiary/aromatic N) is 2. The minimum atomic E-state index is -0.873. The Bertz CT molecular complexity index is 983. The van der Waals surface area contributed by atoms with Gasteiger partial charge in [0.2, 0.25) is 0 Å². The Kier molecular flexibility index (Phi) is 6.79. The van der Waals surface area contributed by atoms with Crippen LogP contribution in [0.2, 0.25) is 0 Å². The molecular formula is C23H20F2N2O2. The van der Waals surface area contributed by atoms with Gasteiger partial charge in [-0.05, 0) is 36.2 Å². The number of aromatic nitrogens is 1. The van der Waals surface area contributed by atoms with Crippen molar-refractivity contribution in [2.75, 3.05) is 0 Å². The molecular weight excluding hydrogens is 374 g/mol. The van der Waals surface area contributed by atoms with Crippen molar-refractivity contribution in [1.82, 2.24) is 4.98 Å². The van der Waals surface area contributed by atoms with Crippen molar-refractivity contribution in [3.05, 3.63) is 101 Å². The number of carbonyl (C=O) groups excluding carboxylic acids is 1. The second-order valence-corrected chi connectivity index (χ2v) is 6.39. The highest BCUT2D eigenvalue weighted by atomic mass is 19.1. The first-order valence-electron chi connectivity index (χ1n) is 9.23. The van der Waals surface area contributed by atoms with Crippen LogP contribution < -0.4 is 0 Å². The Hall–Kier alpha value is -3.41. The highest BCUT2D eigenvalue weighted by Gasteiger charge is 2.18. The number of carbonyl (C=O) groups is 1. The highest BCUT2D eigenvalue weighted by molar-refractivity contribution is 6.00. The predicted molar refractivity (Wildman–Crippen MR) is 107 cm³/mol. The number of rotatable bonds is 8. The Balaban J connectivity index is 1.66. The van der Waals surface area contributed by atoms with Gasteiger partial charge in [-0.15, -0.1) is 0 Å². The summed E-state index contributed by atoms with van der Waals surface area (Å²) in [7, 11) is 0.